The lowest BCUT2D eigenvalue weighted by molar-refractivity contribution is -0.00834. The summed E-state index contributed by atoms with van der Waals surface area (Å²) < 4.78 is 7.40. The Hall–Kier alpha value is -2.38. The third kappa shape index (κ3) is 5.81. The maximum Gasteiger partial charge on any atom is 0.191 e. The van der Waals surface area contributed by atoms with Gasteiger partial charge in [0.2, 0.25) is 0 Å². The molecule has 3 rings (SSSR count). The number of ether oxygens (including phenoxy) is 1. The normalized spacial score (nSPS) is 16.2. The minimum Gasteiger partial charge on any atom is -0.379 e. The Labute approximate surface area is 167 Å². The van der Waals surface area contributed by atoms with Crippen LogP contribution in [0.4, 0.5) is 0 Å². The molecular formula is C21H32N6O. The highest BCUT2D eigenvalue weighted by Crippen LogP contribution is 2.15. The Morgan fingerprint density at radius 1 is 1.18 bits per heavy atom. The van der Waals surface area contributed by atoms with E-state index in [4.69, 9.17) is 4.74 Å². The van der Waals surface area contributed by atoms with E-state index in [0.29, 0.717) is 0 Å². The highest BCUT2D eigenvalue weighted by molar-refractivity contribution is 5.79. The first-order valence-corrected chi connectivity index (χ1v) is 9.89. The summed E-state index contributed by atoms with van der Waals surface area (Å²) >= 11 is 0. The topological polar surface area (TPSA) is 66.7 Å². The van der Waals surface area contributed by atoms with Gasteiger partial charge in [0, 0.05) is 51.2 Å². The maximum atomic E-state index is 5.47. The van der Waals surface area contributed by atoms with Gasteiger partial charge in [0.1, 0.15) is 0 Å². The van der Waals surface area contributed by atoms with E-state index in [1.54, 1.807) is 6.20 Å². The number of guanidine groups is 1. The van der Waals surface area contributed by atoms with Crippen molar-refractivity contribution in [1.29, 1.82) is 0 Å². The van der Waals surface area contributed by atoms with Gasteiger partial charge in [-0.3, -0.25) is 14.6 Å². The molecule has 28 heavy (non-hydrogen) atoms. The summed E-state index contributed by atoms with van der Waals surface area (Å²) in [4.78, 5) is 6.84. The predicted octanol–water partition coefficient (Wildman–Crippen LogP) is 1.71. The molecule has 1 aromatic heterocycles. The van der Waals surface area contributed by atoms with Crippen LogP contribution in [0, 0.1) is 0 Å². The molecule has 0 atom stereocenters. The van der Waals surface area contributed by atoms with E-state index in [2.05, 4.69) is 63.7 Å². The fourth-order valence-corrected chi connectivity index (χ4v) is 3.41. The molecule has 0 unspecified atom stereocenters. The molecule has 0 spiro atoms. The van der Waals surface area contributed by atoms with Gasteiger partial charge in [-0.25, -0.2) is 0 Å². The quantitative estimate of drug-likeness (QED) is 0.562. The largest absolute Gasteiger partial charge is 0.379 e. The van der Waals surface area contributed by atoms with Crippen molar-refractivity contribution in [2.24, 2.45) is 4.99 Å². The molecule has 0 amide bonds. The molecule has 2 N–H and O–H groups in total. The smallest absolute Gasteiger partial charge is 0.191 e. The van der Waals surface area contributed by atoms with Crippen molar-refractivity contribution < 1.29 is 4.74 Å². The molecule has 1 fully saturated rings. The van der Waals surface area contributed by atoms with Gasteiger partial charge in [0.15, 0.2) is 5.96 Å². The summed E-state index contributed by atoms with van der Waals surface area (Å²) in [5.41, 5.74) is 2.50. The van der Waals surface area contributed by atoms with E-state index < -0.39 is 0 Å². The molecule has 2 heterocycles. The van der Waals surface area contributed by atoms with Crippen LogP contribution >= 0.6 is 0 Å². The van der Waals surface area contributed by atoms with Crippen molar-refractivity contribution in [2.75, 3.05) is 39.9 Å². The van der Waals surface area contributed by atoms with E-state index in [-0.39, 0.29) is 5.54 Å². The molecule has 1 saturated heterocycles. The molecular weight excluding hydrogens is 352 g/mol. The highest BCUT2D eigenvalue weighted by atomic mass is 16.5. The SMILES string of the molecule is CN=C(NCc1cccc(Cn2cccn2)c1)NCC(C)(C)N1CCOCC1. The van der Waals surface area contributed by atoms with E-state index >= 15 is 0 Å². The number of rotatable bonds is 7. The minimum atomic E-state index is 0.0467. The summed E-state index contributed by atoms with van der Waals surface area (Å²) in [5.74, 6) is 0.818. The molecule has 152 valence electrons. The number of benzene rings is 1. The first-order chi connectivity index (χ1) is 13.6. The Bertz CT molecular complexity index is 750. The molecule has 1 aromatic carbocycles. The Morgan fingerprint density at radius 2 is 1.96 bits per heavy atom. The number of aromatic nitrogens is 2. The summed E-state index contributed by atoms with van der Waals surface area (Å²) in [7, 11) is 1.81. The standard InChI is InChI=1S/C21H32N6O/c1-21(2,26-10-12-28-13-11-26)17-24-20(22-3)23-15-18-6-4-7-19(14-18)16-27-9-5-8-25-27/h4-9,14H,10-13,15-17H2,1-3H3,(H2,22,23,24). The summed E-state index contributed by atoms with van der Waals surface area (Å²) in [6.45, 7) is 10.4. The maximum absolute atomic E-state index is 5.47. The van der Waals surface area contributed by atoms with Gasteiger partial charge in [0.05, 0.1) is 19.8 Å². The highest BCUT2D eigenvalue weighted by Gasteiger charge is 2.28. The molecule has 1 aliphatic rings. The Morgan fingerprint density at radius 3 is 2.68 bits per heavy atom. The predicted molar refractivity (Wildman–Crippen MR) is 112 cm³/mol. The first kappa shape index (κ1) is 20.4. The van der Waals surface area contributed by atoms with E-state index in [9.17, 15) is 0 Å². The molecule has 0 aliphatic carbocycles. The van der Waals surface area contributed by atoms with Crippen molar-refractivity contribution in [3.05, 3.63) is 53.9 Å². The summed E-state index contributed by atoms with van der Waals surface area (Å²) in [6, 6.07) is 10.5. The molecule has 7 heteroatoms. The molecule has 1 aliphatic heterocycles. The van der Waals surface area contributed by atoms with Gasteiger partial charge in [-0.15, -0.1) is 0 Å². The number of nitrogens with zero attached hydrogens (tertiary/aromatic N) is 4. The molecule has 0 saturated carbocycles. The molecule has 0 bridgehead atoms. The lowest BCUT2D eigenvalue weighted by Crippen LogP contribution is -2.56. The van der Waals surface area contributed by atoms with Gasteiger partial charge in [-0.2, -0.15) is 5.10 Å². The van der Waals surface area contributed by atoms with E-state index in [1.165, 1.54) is 11.1 Å². The lowest BCUT2D eigenvalue weighted by atomic mass is 10.0. The molecule has 0 radical (unpaired) electrons. The number of morpholine rings is 1. The average Bonchev–Trinajstić information content (AvgIpc) is 3.22. The fourth-order valence-electron chi connectivity index (χ4n) is 3.41. The van der Waals surface area contributed by atoms with Crippen LogP contribution in [0.25, 0.3) is 0 Å². The summed E-state index contributed by atoms with van der Waals surface area (Å²) in [6.07, 6.45) is 3.78. The second-order valence-corrected chi connectivity index (χ2v) is 7.71. The zero-order valence-corrected chi connectivity index (χ0v) is 17.2. The number of nitrogens with one attached hydrogen (secondary N) is 2. The van der Waals surface area contributed by atoms with Gasteiger partial charge in [0.25, 0.3) is 0 Å². The van der Waals surface area contributed by atoms with Crippen LogP contribution < -0.4 is 10.6 Å². The van der Waals surface area contributed by atoms with Crippen LogP contribution in [0.1, 0.15) is 25.0 Å². The van der Waals surface area contributed by atoms with Crippen LogP contribution in [0.3, 0.4) is 0 Å². The third-order valence-corrected chi connectivity index (χ3v) is 5.13. The van der Waals surface area contributed by atoms with Crippen LogP contribution in [-0.4, -0.2) is 66.1 Å². The van der Waals surface area contributed by atoms with Gasteiger partial charge in [-0.1, -0.05) is 24.3 Å². The van der Waals surface area contributed by atoms with Gasteiger partial charge in [-0.05, 0) is 31.0 Å². The van der Waals surface area contributed by atoms with Crippen molar-refractivity contribution in [3.8, 4) is 0 Å². The number of hydrogen-bond acceptors (Lipinski definition) is 4. The van der Waals surface area contributed by atoms with Crippen molar-refractivity contribution in [1.82, 2.24) is 25.3 Å². The fraction of sp³-hybridized carbons (Fsp3) is 0.524. The monoisotopic (exact) mass is 384 g/mol. The van der Waals surface area contributed by atoms with Crippen molar-refractivity contribution >= 4 is 5.96 Å². The zero-order valence-electron chi connectivity index (χ0n) is 17.2. The third-order valence-electron chi connectivity index (χ3n) is 5.13. The van der Waals surface area contributed by atoms with Crippen LogP contribution in [0.15, 0.2) is 47.7 Å². The zero-order chi connectivity index (χ0) is 19.8. The van der Waals surface area contributed by atoms with Crippen molar-refractivity contribution in [2.45, 2.75) is 32.5 Å². The van der Waals surface area contributed by atoms with E-state index in [1.807, 2.05) is 24.0 Å². The number of hydrogen-bond donors (Lipinski definition) is 2. The van der Waals surface area contributed by atoms with Crippen LogP contribution in [-0.2, 0) is 17.8 Å². The minimum absolute atomic E-state index is 0.0467. The lowest BCUT2D eigenvalue weighted by Gasteiger charge is -2.41. The van der Waals surface area contributed by atoms with Crippen LogP contribution in [0.5, 0.6) is 0 Å². The van der Waals surface area contributed by atoms with E-state index in [0.717, 1.165) is 51.9 Å². The van der Waals surface area contributed by atoms with Crippen molar-refractivity contribution in [3.63, 3.8) is 0 Å². The second kappa shape index (κ2) is 9.71. The average molecular weight is 385 g/mol. The Balaban J connectivity index is 1.50. The number of aliphatic imine (C=N–C) groups is 1. The molecule has 7 nitrogen and oxygen atoms in total. The second-order valence-electron chi connectivity index (χ2n) is 7.71. The Kier molecular flexibility index (Phi) is 7.06. The first-order valence-electron chi connectivity index (χ1n) is 9.89. The van der Waals surface area contributed by atoms with Gasteiger partial charge < -0.3 is 15.4 Å². The molecule has 2 aromatic rings. The summed E-state index contributed by atoms with van der Waals surface area (Å²) in [5, 5.41) is 11.2. The van der Waals surface area contributed by atoms with Gasteiger partial charge >= 0.3 is 0 Å². The van der Waals surface area contributed by atoms with Crippen LogP contribution in [0.2, 0.25) is 0 Å².